The van der Waals surface area contributed by atoms with E-state index in [2.05, 4.69) is 70.2 Å². The van der Waals surface area contributed by atoms with Crippen LogP contribution in [0, 0.1) is 10.1 Å². The summed E-state index contributed by atoms with van der Waals surface area (Å²) in [5.74, 6) is 0.685. The second kappa shape index (κ2) is 7.38. The molecule has 1 atom stereocenters. The lowest BCUT2D eigenvalue weighted by molar-refractivity contribution is -0.870. The molecule has 0 aliphatic carbocycles. The molecule has 0 N–H and O–H groups in total. The number of non-ortho nitro benzene ring substituents is 1. The predicted octanol–water partition coefficient (Wildman–Crippen LogP) is 4.98. The molecular weight excluding hydrogens is 390 g/mol. The van der Waals surface area contributed by atoms with Crippen molar-refractivity contribution >= 4 is 17.5 Å². The van der Waals surface area contributed by atoms with Crippen LogP contribution in [0.15, 0.2) is 48.5 Å². The van der Waals surface area contributed by atoms with E-state index in [1.54, 1.807) is 12.1 Å². The number of hydrogen-bond donors (Lipinski definition) is 0. The van der Waals surface area contributed by atoms with Crippen LogP contribution >= 0.6 is 0 Å². The summed E-state index contributed by atoms with van der Waals surface area (Å²) in [5, 5.41) is 11.2. The Hall–Kier alpha value is -2.86. The van der Waals surface area contributed by atoms with E-state index < -0.39 is 5.72 Å². The highest BCUT2D eigenvalue weighted by molar-refractivity contribution is 5.73. The zero-order valence-corrected chi connectivity index (χ0v) is 19.1. The number of ether oxygens (including phenoxy) is 1. The first-order valence-electron chi connectivity index (χ1n) is 10.9. The van der Waals surface area contributed by atoms with Crippen molar-refractivity contribution in [3.63, 3.8) is 0 Å². The Kier molecular flexibility index (Phi) is 5.09. The summed E-state index contributed by atoms with van der Waals surface area (Å²) in [6.07, 6.45) is 6.27. The van der Waals surface area contributed by atoms with Gasteiger partial charge in [0, 0.05) is 29.9 Å². The van der Waals surface area contributed by atoms with Crippen molar-refractivity contribution in [1.82, 2.24) is 0 Å². The third-order valence-electron chi connectivity index (χ3n) is 6.58. The fraction of sp³-hybridized carbons (Fsp3) is 0.440. The van der Waals surface area contributed by atoms with Gasteiger partial charge in [-0.2, -0.15) is 0 Å². The second-order valence-electron chi connectivity index (χ2n) is 10.1. The Morgan fingerprint density at radius 3 is 2.55 bits per heavy atom. The highest BCUT2D eigenvalue weighted by Gasteiger charge is 2.58. The van der Waals surface area contributed by atoms with Crippen LogP contribution in [0.3, 0.4) is 0 Å². The van der Waals surface area contributed by atoms with Crippen LogP contribution in [0.5, 0.6) is 5.75 Å². The largest absolute Gasteiger partial charge is 0.463 e. The van der Waals surface area contributed by atoms with Gasteiger partial charge in [0.05, 0.1) is 38.0 Å². The van der Waals surface area contributed by atoms with Crippen LogP contribution in [0.25, 0.3) is 6.08 Å². The third kappa shape index (κ3) is 3.59. The van der Waals surface area contributed by atoms with E-state index in [-0.39, 0.29) is 16.0 Å². The quantitative estimate of drug-likeness (QED) is 0.285. The molecule has 2 aliphatic rings. The van der Waals surface area contributed by atoms with Gasteiger partial charge in [-0.1, -0.05) is 18.2 Å². The lowest BCUT2D eigenvalue weighted by Crippen LogP contribution is -2.59. The number of nitrogens with zero attached hydrogens (tertiary/aromatic N) is 3. The molecule has 0 fully saturated rings. The number of nitro benzene ring substituents is 1. The minimum absolute atomic E-state index is 0.0779. The minimum Gasteiger partial charge on any atom is -0.463 e. The lowest BCUT2D eigenvalue weighted by atomic mass is 9.76. The molecule has 6 heteroatoms. The molecule has 1 unspecified atom stereocenters. The Bertz CT molecular complexity index is 1040. The van der Waals surface area contributed by atoms with E-state index >= 15 is 0 Å². The maximum absolute atomic E-state index is 11.2. The average molecular weight is 423 g/mol. The smallest absolute Gasteiger partial charge is 0.270 e. The van der Waals surface area contributed by atoms with Gasteiger partial charge >= 0.3 is 0 Å². The molecule has 0 saturated heterocycles. The van der Waals surface area contributed by atoms with Crippen LogP contribution in [-0.4, -0.2) is 49.4 Å². The molecule has 2 aliphatic heterocycles. The van der Waals surface area contributed by atoms with Gasteiger partial charge in [0.25, 0.3) is 5.69 Å². The van der Waals surface area contributed by atoms with Gasteiger partial charge in [0.15, 0.2) is 0 Å². The molecule has 2 aromatic rings. The van der Waals surface area contributed by atoms with Crippen molar-refractivity contribution in [3.8, 4) is 5.75 Å². The van der Waals surface area contributed by atoms with Gasteiger partial charge in [-0.05, 0) is 56.5 Å². The van der Waals surface area contributed by atoms with Crippen LogP contribution in [0.1, 0.15) is 37.8 Å². The number of benzene rings is 2. The zero-order valence-electron chi connectivity index (χ0n) is 19.1. The second-order valence-corrected chi connectivity index (χ2v) is 10.1. The Labute approximate surface area is 184 Å². The summed E-state index contributed by atoms with van der Waals surface area (Å²) in [7, 11) is 6.66. The van der Waals surface area contributed by atoms with Gasteiger partial charge in [-0.25, -0.2) is 0 Å². The van der Waals surface area contributed by atoms with Crippen LogP contribution < -0.4 is 9.64 Å². The van der Waals surface area contributed by atoms with E-state index in [9.17, 15) is 10.1 Å². The molecule has 0 bridgehead atoms. The number of hydrogen-bond acceptors (Lipinski definition) is 4. The first-order valence-corrected chi connectivity index (χ1v) is 10.9. The van der Waals surface area contributed by atoms with Crippen molar-refractivity contribution < 1.29 is 14.1 Å². The number of anilines is 1. The fourth-order valence-corrected chi connectivity index (χ4v) is 4.85. The number of unbranched alkanes of at least 4 members (excludes halogenated alkanes) is 1. The van der Waals surface area contributed by atoms with Crippen LogP contribution in [-0.2, 0) is 5.41 Å². The molecule has 0 radical (unpaired) electrons. The standard InChI is InChI=1S/C25H32N3O3/c1-24(2)21-10-6-7-11-22(21)26(16-8-9-17-28(3,4)5)25(24)15-14-19-18-20(27(29)30)12-13-23(19)31-25/h6-7,10-15,18H,8-9,16-17H2,1-5H3/q+1. The van der Waals surface area contributed by atoms with Crippen molar-refractivity contribution in [2.24, 2.45) is 0 Å². The average Bonchev–Trinajstić information content (AvgIpc) is 2.88. The molecule has 0 aromatic heterocycles. The lowest BCUT2D eigenvalue weighted by Gasteiger charge is -2.47. The molecule has 1 spiro atoms. The molecule has 4 rings (SSSR count). The molecule has 0 amide bonds. The monoisotopic (exact) mass is 422 g/mol. The summed E-state index contributed by atoms with van der Waals surface area (Å²) in [5.41, 5.74) is 2.32. The van der Waals surface area contributed by atoms with E-state index in [0.717, 1.165) is 36.0 Å². The summed E-state index contributed by atoms with van der Waals surface area (Å²) in [6, 6.07) is 13.4. The van der Waals surface area contributed by atoms with Crippen molar-refractivity contribution in [3.05, 3.63) is 69.8 Å². The molecule has 6 nitrogen and oxygen atoms in total. The molecular formula is C25H32N3O3+. The van der Waals surface area contributed by atoms with Gasteiger partial charge in [-0.3, -0.25) is 10.1 Å². The highest BCUT2D eigenvalue weighted by Crippen LogP contribution is 2.55. The molecule has 2 aromatic carbocycles. The number of para-hydroxylation sites is 1. The number of rotatable bonds is 6. The zero-order chi connectivity index (χ0) is 22.4. The summed E-state index contributed by atoms with van der Waals surface area (Å²) >= 11 is 0. The topological polar surface area (TPSA) is 55.6 Å². The fourth-order valence-electron chi connectivity index (χ4n) is 4.85. The van der Waals surface area contributed by atoms with Gasteiger partial charge in [-0.15, -0.1) is 0 Å². The van der Waals surface area contributed by atoms with E-state index in [1.807, 2.05) is 6.08 Å². The van der Waals surface area contributed by atoms with E-state index in [4.69, 9.17) is 4.74 Å². The van der Waals surface area contributed by atoms with Crippen molar-refractivity contribution in [2.45, 2.75) is 37.8 Å². The Morgan fingerprint density at radius 1 is 1.10 bits per heavy atom. The van der Waals surface area contributed by atoms with E-state index in [0.29, 0.717) is 5.75 Å². The Morgan fingerprint density at radius 2 is 1.84 bits per heavy atom. The molecule has 31 heavy (non-hydrogen) atoms. The first kappa shape index (κ1) is 21.4. The first-order chi connectivity index (χ1) is 14.6. The molecule has 2 heterocycles. The van der Waals surface area contributed by atoms with Crippen molar-refractivity contribution in [1.29, 1.82) is 0 Å². The predicted molar refractivity (Wildman–Crippen MR) is 124 cm³/mol. The Balaban J connectivity index is 1.70. The maximum atomic E-state index is 11.2. The van der Waals surface area contributed by atoms with Crippen molar-refractivity contribution in [2.75, 3.05) is 39.1 Å². The number of nitro groups is 1. The van der Waals surface area contributed by atoms with E-state index in [1.165, 1.54) is 17.3 Å². The molecule has 0 saturated carbocycles. The third-order valence-corrected chi connectivity index (χ3v) is 6.58. The summed E-state index contributed by atoms with van der Waals surface area (Å²) in [6.45, 7) is 6.44. The number of quaternary nitrogens is 1. The summed E-state index contributed by atoms with van der Waals surface area (Å²) < 4.78 is 7.69. The summed E-state index contributed by atoms with van der Waals surface area (Å²) in [4.78, 5) is 13.2. The normalized spacial score (nSPS) is 21.0. The SMILES string of the molecule is CC1(C)c2ccccc2N(CCCC[N+](C)(C)C)C12C=Cc1cc([N+](=O)[O-])ccc1O2. The minimum atomic E-state index is -0.670. The maximum Gasteiger partial charge on any atom is 0.270 e. The van der Waals surface area contributed by atoms with Gasteiger partial charge < -0.3 is 14.1 Å². The van der Waals surface area contributed by atoms with Crippen LogP contribution in [0.2, 0.25) is 0 Å². The number of fused-ring (bicyclic) bond motifs is 2. The van der Waals surface area contributed by atoms with Gasteiger partial charge in [0.2, 0.25) is 5.72 Å². The highest BCUT2D eigenvalue weighted by atomic mass is 16.6. The molecule has 164 valence electrons. The van der Waals surface area contributed by atoms with Gasteiger partial charge in [0.1, 0.15) is 5.75 Å². The van der Waals surface area contributed by atoms with Crippen LogP contribution in [0.4, 0.5) is 11.4 Å².